The topological polar surface area (TPSA) is 102 Å². The Labute approximate surface area is 78.4 Å². The molecular weight excluding hydrogens is 178 g/mol. The first-order valence-electron chi connectivity index (χ1n) is 3.18. The molecule has 0 amide bonds. The lowest BCUT2D eigenvalue weighted by Gasteiger charge is -1.89. The Morgan fingerprint density at radius 2 is 1.75 bits per heavy atom. The SMILES string of the molecule is CCOC(C)=O.CS.N=C(N)N. The molecule has 0 heterocycles. The number of rotatable bonds is 1. The number of carbonyl (C=O) groups is 1. The summed E-state index contributed by atoms with van der Waals surface area (Å²) in [6.07, 6.45) is 1.69. The van der Waals surface area contributed by atoms with E-state index < -0.39 is 0 Å². The average Bonchev–Trinajstić information content (AvgIpc) is 1.90. The van der Waals surface area contributed by atoms with E-state index in [1.54, 1.807) is 13.2 Å². The first-order valence-corrected chi connectivity index (χ1v) is 4.07. The maximum atomic E-state index is 9.82. The molecule has 0 rings (SSSR count). The van der Waals surface area contributed by atoms with Crippen LogP contribution in [-0.2, 0) is 9.53 Å². The summed E-state index contributed by atoms with van der Waals surface area (Å²) < 4.78 is 4.40. The van der Waals surface area contributed by atoms with E-state index in [0.717, 1.165) is 0 Å². The monoisotopic (exact) mass is 195 g/mol. The smallest absolute Gasteiger partial charge is 0.302 e. The van der Waals surface area contributed by atoms with Crippen LogP contribution in [0.5, 0.6) is 0 Å². The first kappa shape index (κ1) is 17.3. The fourth-order valence-corrected chi connectivity index (χ4v) is 0.203. The van der Waals surface area contributed by atoms with Gasteiger partial charge in [-0.2, -0.15) is 12.6 Å². The summed E-state index contributed by atoms with van der Waals surface area (Å²) in [4.78, 5) is 9.82. The number of esters is 1. The van der Waals surface area contributed by atoms with E-state index in [0.29, 0.717) is 6.61 Å². The number of hydrogen-bond donors (Lipinski definition) is 4. The Bertz CT molecular complexity index is 115. The van der Waals surface area contributed by atoms with Crippen molar-refractivity contribution in [3.63, 3.8) is 0 Å². The minimum atomic E-state index is -0.333. The predicted molar refractivity (Wildman–Crippen MR) is 53.3 cm³/mol. The van der Waals surface area contributed by atoms with Gasteiger partial charge in [-0.15, -0.1) is 0 Å². The molecule has 0 spiro atoms. The Balaban J connectivity index is -0.000000118. The molecule has 5 N–H and O–H groups in total. The van der Waals surface area contributed by atoms with Crippen LogP contribution in [0.25, 0.3) is 0 Å². The van der Waals surface area contributed by atoms with Crippen molar-refractivity contribution in [2.75, 3.05) is 12.9 Å². The summed E-state index contributed by atoms with van der Waals surface area (Å²) in [7, 11) is 0. The molecule has 0 aliphatic rings. The van der Waals surface area contributed by atoms with Gasteiger partial charge in [0.15, 0.2) is 5.96 Å². The molecule has 12 heavy (non-hydrogen) atoms. The maximum absolute atomic E-state index is 9.82. The first-order chi connectivity index (χ1) is 5.50. The molecule has 0 aliphatic heterocycles. The molecule has 0 atom stereocenters. The average molecular weight is 195 g/mol. The quantitative estimate of drug-likeness (QED) is 0.204. The van der Waals surface area contributed by atoms with E-state index in [1.807, 2.05) is 0 Å². The molecular formula is C6H17N3O2S. The number of nitrogens with one attached hydrogen (secondary N) is 1. The molecule has 0 unspecified atom stereocenters. The molecule has 74 valence electrons. The van der Waals surface area contributed by atoms with Gasteiger partial charge >= 0.3 is 5.97 Å². The Morgan fingerprint density at radius 1 is 1.50 bits per heavy atom. The molecule has 0 aromatic heterocycles. The fraction of sp³-hybridized carbons (Fsp3) is 0.667. The van der Waals surface area contributed by atoms with Gasteiger partial charge in [-0.1, -0.05) is 0 Å². The van der Waals surface area contributed by atoms with Crippen molar-refractivity contribution in [3.8, 4) is 0 Å². The minimum absolute atomic E-state index is 0.211. The highest BCUT2D eigenvalue weighted by molar-refractivity contribution is 7.79. The van der Waals surface area contributed by atoms with Gasteiger partial charge in [0.25, 0.3) is 0 Å². The number of nitrogens with two attached hydrogens (primary N) is 2. The highest BCUT2D eigenvalue weighted by Gasteiger charge is 1.81. The van der Waals surface area contributed by atoms with Gasteiger partial charge in [-0.3, -0.25) is 10.2 Å². The lowest BCUT2D eigenvalue weighted by Crippen LogP contribution is -2.20. The van der Waals surface area contributed by atoms with Crippen LogP contribution < -0.4 is 11.5 Å². The summed E-state index contributed by atoms with van der Waals surface area (Å²) in [5.41, 5.74) is 8.94. The van der Waals surface area contributed by atoms with Gasteiger partial charge in [-0.05, 0) is 13.2 Å². The van der Waals surface area contributed by atoms with Crippen molar-refractivity contribution in [1.82, 2.24) is 0 Å². The number of carbonyl (C=O) groups excluding carboxylic acids is 1. The number of thiol groups is 1. The second-order valence-corrected chi connectivity index (χ2v) is 1.38. The third kappa shape index (κ3) is 136. The zero-order chi connectivity index (χ0) is 10.6. The largest absolute Gasteiger partial charge is 0.466 e. The Hall–Kier alpha value is -0.910. The molecule has 5 nitrogen and oxygen atoms in total. The second-order valence-electron chi connectivity index (χ2n) is 1.38. The van der Waals surface area contributed by atoms with Crippen molar-refractivity contribution < 1.29 is 9.53 Å². The molecule has 0 radical (unpaired) electrons. The Morgan fingerprint density at radius 3 is 1.75 bits per heavy atom. The van der Waals surface area contributed by atoms with Gasteiger partial charge in [0.1, 0.15) is 0 Å². The normalized spacial score (nSPS) is 6.33. The maximum Gasteiger partial charge on any atom is 0.302 e. The highest BCUT2D eigenvalue weighted by Crippen LogP contribution is 1.69. The van der Waals surface area contributed by atoms with Crippen LogP contribution >= 0.6 is 12.6 Å². The van der Waals surface area contributed by atoms with E-state index in [9.17, 15) is 4.79 Å². The van der Waals surface area contributed by atoms with E-state index in [2.05, 4.69) is 28.8 Å². The van der Waals surface area contributed by atoms with Crippen LogP contribution in [-0.4, -0.2) is 24.8 Å². The van der Waals surface area contributed by atoms with Crippen LogP contribution in [0.2, 0.25) is 0 Å². The summed E-state index contributed by atoms with van der Waals surface area (Å²) in [6, 6.07) is 0. The third-order valence-electron chi connectivity index (χ3n) is 0.348. The standard InChI is InChI=1S/C4H8O2.CH5N3.CH4S/c1-3-6-4(2)5;2-1(3)4;1-2/h3H2,1-2H3;(H5,2,3,4);2H,1H3. The zero-order valence-electron chi connectivity index (χ0n) is 7.63. The van der Waals surface area contributed by atoms with Crippen molar-refractivity contribution in [2.45, 2.75) is 13.8 Å². The van der Waals surface area contributed by atoms with Crippen LogP contribution in [0.4, 0.5) is 0 Å². The fourth-order valence-electron chi connectivity index (χ4n) is 0.203. The van der Waals surface area contributed by atoms with E-state index in [1.165, 1.54) is 6.92 Å². The van der Waals surface area contributed by atoms with Crippen LogP contribution in [0.1, 0.15) is 13.8 Å². The molecule has 0 bridgehead atoms. The van der Waals surface area contributed by atoms with Crippen LogP contribution in [0, 0.1) is 5.41 Å². The molecule has 0 aromatic rings. The summed E-state index contributed by atoms with van der Waals surface area (Å²) in [5.74, 6) is -0.544. The van der Waals surface area contributed by atoms with Crippen molar-refractivity contribution in [3.05, 3.63) is 0 Å². The van der Waals surface area contributed by atoms with Crippen LogP contribution in [0.3, 0.4) is 0 Å². The molecule has 0 aliphatic carbocycles. The third-order valence-corrected chi connectivity index (χ3v) is 0.348. The summed E-state index contributed by atoms with van der Waals surface area (Å²) in [5, 5.41) is 6.06. The number of guanidine groups is 1. The zero-order valence-corrected chi connectivity index (χ0v) is 8.52. The second kappa shape index (κ2) is 16.6. The van der Waals surface area contributed by atoms with Crippen LogP contribution in [0.15, 0.2) is 0 Å². The predicted octanol–water partition coefficient (Wildman–Crippen LogP) is -0.0460. The molecule has 0 fully saturated rings. The minimum Gasteiger partial charge on any atom is -0.466 e. The Kier molecular flexibility index (Phi) is 23.8. The molecule has 0 saturated carbocycles. The molecule has 6 heteroatoms. The van der Waals surface area contributed by atoms with E-state index >= 15 is 0 Å². The van der Waals surface area contributed by atoms with Crippen molar-refractivity contribution in [1.29, 1.82) is 5.41 Å². The van der Waals surface area contributed by atoms with Crippen molar-refractivity contribution in [2.24, 2.45) is 11.5 Å². The number of ether oxygens (including phenoxy) is 1. The van der Waals surface area contributed by atoms with E-state index in [-0.39, 0.29) is 11.9 Å². The van der Waals surface area contributed by atoms with Gasteiger partial charge in [0.05, 0.1) is 6.61 Å². The lowest BCUT2D eigenvalue weighted by molar-refractivity contribution is -0.140. The summed E-state index contributed by atoms with van der Waals surface area (Å²) >= 11 is 3.53. The highest BCUT2D eigenvalue weighted by atomic mass is 32.1. The summed E-state index contributed by atoms with van der Waals surface area (Å²) in [6.45, 7) is 3.65. The van der Waals surface area contributed by atoms with E-state index in [4.69, 9.17) is 5.41 Å². The van der Waals surface area contributed by atoms with Crippen molar-refractivity contribution >= 4 is 24.6 Å². The lowest BCUT2D eigenvalue weighted by atomic mass is 10.8. The van der Waals surface area contributed by atoms with Gasteiger partial charge in [-0.25, -0.2) is 0 Å². The molecule has 0 aromatic carbocycles. The number of hydrogen-bond acceptors (Lipinski definition) is 4. The molecule has 0 saturated heterocycles. The van der Waals surface area contributed by atoms with Gasteiger partial charge in [0.2, 0.25) is 0 Å². The van der Waals surface area contributed by atoms with Gasteiger partial charge in [0, 0.05) is 6.92 Å². The van der Waals surface area contributed by atoms with Gasteiger partial charge < -0.3 is 16.2 Å².